The summed E-state index contributed by atoms with van der Waals surface area (Å²) in [6.45, 7) is 7.93. The second-order valence-corrected chi connectivity index (χ2v) is 7.56. The Kier molecular flexibility index (Phi) is 5.20. The molecule has 0 spiro atoms. The van der Waals surface area contributed by atoms with Gasteiger partial charge < -0.3 is 19.5 Å². The first kappa shape index (κ1) is 18.5. The third-order valence-corrected chi connectivity index (χ3v) is 5.65. The first-order chi connectivity index (χ1) is 13.1. The number of hydrogen-bond acceptors (Lipinski definition) is 4. The molecule has 0 saturated carbocycles. The minimum absolute atomic E-state index is 0.118. The number of aryl methyl sites for hydroxylation is 1. The van der Waals surface area contributed by atoms with Gasteiger partial charge in [-0.1, -0.05) is 29.3 Å². The minimum atomic E-state index is 0.118. The van der Waals surface area contributed by atoms with Crippen LogP contribution in [0.2, 0.25) is 5.02 Å². The van der Waals surface area contributed by atoms with Gasteiger partial charge in [0, 0.05) is 23.8 Å². The molecule has 0 amide bonds. The normalized spacial score (nSPS) is 23.3. The molecule has 5 heteroatoms. The molecule has 3 atom stereocenters. The van der Waals surface area contributed by atoms with Crippen molar-refractivity contribution in [2.45, 2.75) is 39.3 Å². The molecule has 0 radical (unpaired) electrons. The Morgan fingerprint density at radius 3 is 2.74 bits per heavy atom. The smallest absolute Gasteiger partial charge is 0.179 e. The summed E-state index contributed by atoms with van der Waals surface area (Å²) in [4.78, 5) is 0. The highest BCUT2D eigenvalue weighted by Crippen LogP contribution is 2.51. The van der Waals surface area contributed by atoms with E-state index in [9.17, 15) is 0 Å². The summed E-state index contributed by atoms with van der Waals surface area (Å²) >= 11 is 6.57. The van der Waals surface area contributed by atoms with Crippen LogP contribution in [0, 0.1) is 12.8 Å². The van der Waals surface area contributed by atoms with Gasteiger partial charge in [-0.15, -0.1) is 0 Å². The molecule has 0 bridgehead atoms. The summed E-state index contributed by atoms with van der Waals surface area (Å²) in [6, 6.07) is 10.7. The van der Waals surface area contributed by atoms with Crippen molar-refractivity contribution in [1.29, 1.82) is 0 Å². The third kappa shape index (κ3) is 3.37. The van der Waals surface area contributed by atoms with E-state index in [1.54, 1.807) is 0 Å². The van der Waals surface area contributed by atoms with Gasteiger partial charge in [0.05, 0.1) is 30.4 Å². The maximum atomic E-state index is 6.57. The van der Waals surface area contributed by atoms with Gasteiger partial charge in [-0.3, -0.25) is 0 Å². The van der Waals surface area contributed by atoms with Crippen molar-refractivity contribution in [3.05, 3.63) is 52.0 Å². The van der Waals surface area contributed by atoms with Crippen LogP contribution in [0.4, 0.5) is 5.69 Å². The van der Waals surface area contributed by atoms with E-state index in [0.717, 1.165) is 24.3 Å². The maximum absolute atomic E-state index is 6.57. The van der Waals surface area contributed by atoms with Crippen molar-refractivity contribution in [2.24, 2.45) is 5.92 Å². The quantitative estimate of drug-likeness (QED) is 0.715. The summed E-state index contributed by atoms with van der Waals surface area (Å²) in [5, 5.41) is 4.31. The molecule has 2 aromatic carbocycles. The fraction of sp³-hybridized carbons (Fsp3) is 0.455. The summed E-state index contributed by atoms with van der Waals surface area (Å²) in [7, 11) is 0. The van der Waals surface area contributed by atoms with Crippen molar-refractivity contribution < 1.29 is 14.2 Å². The topological polar surface area (TPSA) is 39.7 Å². The number of ether oxygens (including phenoxy) is 3. The number of anilines is 1. The number of benzene rings is 2. The number of fused-ring (bicyclic) bond motifs is 3. The Bertz CT molecular complexity index is 839. The Morgan fingerprint density at radius 1 is 1.15 bits per heavy atom. The van der Waals surface area contributed by atoms with Gasteiger partial charge in [0.2, 0.25) is 0 Å². The third-order valence-electron chi connectivity index (χ3n) is 5.37. The fourth-order valence-electron chi connectivity index (χ4n) is 4.24. The Hall–Kier alpha value is -1.91. The molecule has 0 aliphatic carbocycles. The average Bonchev–Trinajstić information content (AvgIpc) is 3.14. The molecule has 4 nitrogen and oxygen atoms in total. The van der Waals surface area contributed by atoms with E-state index in [2.05, 4.69) is 36.5 Å². The molecule has 2 aromatic rings. The lowest BCUT2D eigenvalue weighted by Crippen LogP contribution is -2.29. The first-order valence-corrected chi connectivity index (χ1v) is 10.1. The van der Waals surface area contributed by atoms with E-state index in [1.165, 1.54) is 11.1 Å². The summed E-state index contributed by atoms with van der Waals surface area (Å²) < 4.78 is 17.7. The van der Waals surface area contributed by atoms with E-state index >= 15 is 0 Å². The SMILES string of the molecule is CCOc1cc(C2Nc3ccc(C)cc3[C@H]3OCC[C@@H]23)cc(Cl)c1OCC. The van der Waals surface area contributed by atoms with Crippen LogP contribution < -0.4 is 14.8 Å². The van der Waals surface area contributed by atoms with Crippen LogP contribution in [0.1, 0.15) is 49.1 Å². The van der Waals surface area contributed by atoms with Gasteiger partial charge in [0.25, 0.3) is 0 Å². The summed E-state index contributed by atoms with van der Waals surface area (Å²) in [5.41, 5.74) is 4.76. The number of rotatable bonds is 5. The molecule has 1 unspecified atom stereocenters. The fourth-order valence-corrected chi connectivity index (χ4v) is 4.51. The molecular weight excluding hydrogens is 362 g/mol. The monoisotopic (exact) mass is 387 g/mol. The standard InChI is InChI=1S/C22H26ClNO3/c1-4-25-19-12-14(11-17(23)22(19)26-5-2)20-15-8-9-27-21(15)16-10-13(3)6-7-18(16)24-20/h6-7,10-12,15,20-21,24H,4-5,8-9H2,1-3H3/t15-,20?,21-/m0/s1. The number of halogens is 1. The zero-order valence-electron chi connectivity index (χ0n) is 16.0. The van der Waals surface area contributed by atoms with Crippen molar-refractivity contribution in [1.82, 2.24) is 0 Å². The molecule has 27 heavy (non-hydrogen) atoms. The first-order valence-electron chi connectivity index (χ1n) is 9.70. The minimum Gasteiger partial charge on any atom is -0.490 e. The van der Waals surface area contributed by atoms with E-state index in [1.807, 2.05) is 19.9 Å². The Balaban J connectivity index is 1.75. The molecule has 1 saturated heterocycles. The molecule has 2 aliphatic heterocycles. The van der Waals surface area contributed by atoms with E-state index in [4.69, 9.17) is 25.8 Å². The van der Waals surface area contributed by atoms with Crippen molar-refractivity contribution in [3.63, 3.8) is 0 Å². The van der Waals surface area contributed by atoms with Crippen LogP contribution in [0.25, 0.3) is 0 Å². The van der Waals surface area contributed by atoms with Crippen LogP contribution in [0.3, 0.4) is 0 Å². The van der Waals surface area contributed by atoms with Crippen molar-refractivity contribution in [3.8, 4) is 11.5 Å². The van der Waals surface area contributed by atoms with Crippen molar-refractivity contribution in [2.75, 3.05) is 25.1 Å². The molecular formula is C22H26ClNO3. The maximum Gasteiger partial charge on any atom is 0.179 e. The second-order valence-electron chi connectivity index (χ2n) is 7.15. The highest BCUT2D eigenvalue weighted by molar-refractivity contribution is 6.32. The summed E-state index contributed by atoms with van der Waals surface area (Å²) in [5.74, 6) is 1.69. The van der Waals surface area contributed by atoms with Gasteiger partial charge in [-0.05, 0) is 51.0 Å². The zero-order valence-corrected chi connectivity index (χ0v) is 16.8. The molecule has 0 aromatic heterocycles. The van der Waals surface area contributed by atoms with Gasteiger partial charge >= 0.3 is 0 Å². The largest absolute Gasteiger partial charge is 0.490 e. The summed E-state index contributed by atoms with van der Waals surface area (Å²) in [6.07, 6.45) is 1.14. The predicted molar refractivity (Wildman–Crippen MR) is 108 cm³/mol. The lowest BCUT2D eigenvalue weighted by atomic mass is 9.80. The second kappa shape index (κ2) is 7.61. The number of hydrogen-bond donors (Lipinski definition) is 1. The average molecular weight is 388 g/mol. The van der Waals surface area contributed by atoms with Gasteiger partial charge in [-0.2, -0.15) is 0 Å². The van der Waals surface area contributed by atoms with Crippen LogP contribution in [-0.2, 0) is 4.74 Å². The van der Waals surface area contributed by atoms with Crippen LogP contribution in [-0.4, -0.2) is 19.8 Å². The zero-order chi connectivity index (χ0) is 19.0. The van der Waals surface area contributed by atoms with Crippen LogP contribution >= 0.6 is 11.6 Å². The van der Waals surface area contributed by atoms with Crippen LogP contribution in [0.15, 0.2) is 30.3 Å². The molecule has 1 N–H and O–H groups in total. The molecule has 4 rings (SSSR count). The molecule has 2 heterocycles. The molecule has 2 aliphatic rings. The lowest BCUT2D eigenvalue weighted by molar-refractivity contribution is 0.0828. The Labute approximate surface area is 165 Å². The van der Waals surface area contributed by atoms with Crippen molar-refractivity contribution >= 4 is 17.3 Å². The molecule has 144 valence electrons. The molecule has 1 fully saturated rings. The van der Waals surface area contributed by atoms with Gasteiger partial charge in [-0.25, -0.2) is 0 Å². The number of nitrogens with one attached hydrogen (secondary N) is 1. The lowest BCUT2D eigenvalue weighted by Gasteiger charge is -2.37. The van der Waals surface area contributed by atoms with E-state index in [0.29, 0.717) is 35.7 Å². The van der Waals surface area contributed by atoms with Gasteiger partial charge in [0.15, 0.2) is 11.5 Å². The predicted octanol–water partition coefficient (Wildman–Crippen LogP) is 5.69. The van der Waals surface area contributed by atoms with E-state index in [-0.39, 0.29) is 12.1 Å². The van der Waals surface area contributed by atoms with Crippen LogP contribution in [0.5, 0.6) is 11.5 Å². The highest BCUT2D eigenvalue weighted by Gasteiger charge is 2.41. The van der Waals surface area contributed by atoms with E-state index < -0.39 is 0 Å². The Morgan fingerprint density at radius 2 is 1.96 bits per heavy atom. The van der Waals surface area contributed by atoms with Gasteiger partial charge in [0.1, 0.15) is 0 Å². The highest BCUT2D eigenvalue weighted by atomic mass is 35.5.